The lowest BCUT2D eigenvalue weighted by Gasteiger charge is -2.03. The van der Waals surface area contributed by atoms with Gasteiger partial charge in [-0.25, -0.2) is 0 Å². The molecule has 0 aliphatic rings. The van der Waals surface area contributed by atoms with E-state index < -0.39 is 5.97 Å². The fraction of sp³-hybridized carbons (Fsp3) is 0.944. The van der Waals surface area contributed by atoms with Crippen LogP contribution in [-0.2, 0) is 4.79 Å². The van der Waals surface area contributed by atoms with Crippen LogP contribution in [-0.4, -0.2) is 11.1 Å². The SMILES string of the molecule is CCCCCCCCCCCCCCCCCC(=O)O.Cl.N.N. The summed E-state index contributed by atoms with van der Waals surface area (Å²) in [5.41, 5.74) is 0. The number of halogens is 1. The molecule has 0 amide bonds. The summed E-state index contributed by atoms with van der Waals surface area (Å²) in [7, 11) is 0. The van der Waals surface area contributed by atoms with Gasteiger partial charge in [0.25, 0.3) is 0 Å². The van der Waals surface area contributed by atoms with Crippen molar-refractivity contribution in [3.05, 3.63) is 0 Å². The number of hydrogen-bond acceptors (Lipinski definition) is 3. The van der Waals surface area contributed by atoms with Gasteiger partial charge in [-0.15, -0.1) is 12.4 Å². The fourth-order valence-electron chi connectivity index (χ4n) is 2.65. The lowest BCUT2D eigenvalue weighted by molar-refractivity contribution is -0.137. The third kappa shape index (κ3) is 30.2. The summed E-state index contributed by atoms with van der Waals surface area (Å²) in [6.07, 6.45) is 20.2. The van der Waals surface area contributed by atoms with Crippen LogP contribution >= 0.6 is 12.4 Å². The van der Waals surface area contributed by atoms with E-state index >= 15 is 0 Å². The predicted octanol–water partition coefficient (Wildman–Crippen LogP) is 7.08. The normalized spacial score (nSPS) is 9.43. The topological polar surface area (TPSA) is 107 Å². The Morgan fingerprint density at radius 2 is 0.870 bits per heavy atom. The Morgan fingerprint density at radius 1 is 0.609 bits per heavy atom. The maximum absolute atomic E-state index is 10.3. The summed E-state index contributed by atoms with van der Waals surface area (Å²) >= 11 is 0. The first-order valence-corrected chi connectivity index (χ1v) is 8.99. The van der Waals surface area contributed by atoms with Gasteiger partial charge in [-0.3, -0.25) is 4.79 Å². The van der Waals surface area contributed by atoms with E-state index in [1.54, 1.807) is 0 Å². The first-order valence-electron chi connectivity index (χ1n) is 8.99. The zero-order valence-corrected chi connectivity index (χ0v) is 16.3. The highest BCUT2D eigenvalue weighted by Crippen LogP contribution is 2.13. The largest absolute Gasteiger partial charge is 0.481 e. The number of unbranched alkanes of at least 4 members (excludes halogenated alkanes) is 14. The van der Waals surface area contributed by atoms with Gasteiger partial charge in [0.1, 0.15) is 0 Å². The van der Waals surface area contributed by atoms with Crippen LogP contribution in [0.2, 0.25) is 0 Å². The van der Waals surface area contributed by atoms with Crippen LogP contribution in [0.25, 0.3) is 0 Å². The molecule has 0 aliphatic heterocycles. The fourth-order valence-corrected chi connectivity index (χ4v) is 2.65. The van der Waals surface area contributed by atoms with Gasteiger partial charge in [-0.2, -0.15) is 0 Å². The highest BCUT2D eigenvalue weighted by atomic mass is 35.5. The zero-order chi connectivity index (χ0) is 14.9. The minimum atomic E-state index is -0.653. The Morgan fingerprint density at radius 3 is 1.13 bits per heavy atom. The summed E-state index contributed by atoms with van der Waals surface area (Å²) in [5, 5.41) is 8.52. The van der Waals surface area contributed by atoms with E-state index in [1.165, 1.54) is 83.5 Å². The second kappa shape index (κ2) is 26.6. The lowest BCUT2D eigenvalue weighted by Crippen LogP contribution is -1.93. The third-order valence-electron chi connectivity index (χ3n) is 3.99. The van der Waals surface area contributed by atoms with Crippen molar-refractivity contribution in [2.45, 2.75) is 110 Å². The van der Waals surface area contributed by atoms with Gasteiger partial charge >= 0.3 is 5.97 Å². The van der Waals surface area contributed by atoms with Crippen molar-refractivity contribution in [1.82, 2.24) is 12.3 Å². The van der Waals surface area contributed by atoms with Crippen LogP contribution in [0, 0.1) is 0 Å². The summed E-state index contributed by atoms with van der Waals surface area (Å²) in [6, 6.07) is 0. The van der Waals surface area contributed by atoms with E-state index in [1.807, 2.05) is 0 Å². The first-order chi connectivity index (χ1) is 9.77. The van der Waals surface area contributed by atoms with Crippen molar-refractivity contribution in [3.8, 4) is 0 Å². The second-order valence-electron chi connectivity index (χ2n) is 6.09. The molecule has 0 saturated heterocycles. The quantitative estimate of drug-likeness (QED) is 0.257. The van der Waals surface area contributed by atoms with Crippen LogP contribution < -0.4 is 12.3 Å². The summed E-state index contributed by atoms with van der Waals surface area (Å²) in [6.45, 7) is 2.27. The van der Waals surface area contributed by atoms with Crippen LogP contribution in [0.1, 0.15) is 110 Å². The molecule has 0 saturated carbocycles. The molecule has 0 heterocycles. The summed E-state index contributed by atoms with van der Waals surface area (Å²) in [5.74, 6) is -0.653. The van der Waals surface area contributed by atoms with E-state index in [4.69, 9.17) is 5.11 Å². The van der Waals surface area contributed by atoms with Gasteiger partial charge in [0.15, 0.2) is 0 Å². The van der Waals surface area contributed by atoms with Crippen molar-refractivity contribution in [3.63, 3.8) is 0 Å². The molecule has 0 atom stereocenters. The number of rotatable bonds is 16. The van der Waals surface area contributed by atoms with Crippen molar-refractivity contribution >= 4 is 18.4 Å². The average Bonchev–Trinajstić information content (AvgIpc) is 2.43. The average molecular weight is 355 g/mol. The molecule has 144 valence electrons. The monoisotopic (exact) mass is 354 g/mol. The van der Waals surface area contributed by atoms with E-state index in [0.29, 0.717) is 6.42 Å². The maximum atomic E-state index is 10.3. The Balaban J connectivity index is -0.000000602. The number of hydrogen-bond donors (Lipinski definition) is 3. The molecule has 0 aromatic carbocycles. The number of carboxylic acids is 1. The molecule has 23 heavy (non-hydrogen) atoms. The van der Waals surface area contributed by atoms with Gasteiger partial charge in [0.2, 0.25) is 0 Å². The number of aliphatic carboxylic acids is 1. The molecule has 0 fully saturated rings. The van der Waals surface area contributed by atoms with Crippen molar-refractivity contribution in [2.24, 2.45) is 0 Å². The second-order valence-corrected chi connectivity index (χ2v) is 6.09. The maximum Gasteiger partial charge on any atom is 0.303 e. The Kier molecular flexibility index (Phi) is 35.3. The first kappa shape index (κ1) is 30.5. The number of carbonyl (C=O) groups is 1. The van der Waals surface area contributed by atoms with Crippen molar-refractivity contribution in [1.29, 1.82) is 0 Å². The molecular weight excluding hydrogens is 312 g/mol. The van der Waals surface area contributed by atoms with Gasteiger partial charge < -0.3 is 17.4 Å². The third-order valence-corrected chi connectivity index (χ3v) is 3.99. The van der Waals surface area contributed by atoms with Crippen LogP contribution in [0.4, 0.5) is 0 Å². The molecule has 0 aliphatic carbocycles. The van der Waals surface area contributed by atoms with Gasteiger partial charge in [-0.05, 0) is 6.42 Å². The molecule has 0 rings (SSSR count). The molecule has 0 spiro atoms. The zero-order valence-electron chi connectivity index (χ0n) is 15.5. The minimum Gasteiger partial charge on any atom is -0.481 e. The van der Waals surface area contributed by atoms with Crippen molar-refractivity contribution in [2.75, 3.05) is 0 Å². The molecule has 0 aromatic heterocycles. The van der Waals surface area contributed by atoms with Gasteiger partial charge in [0, 0.05) is 6.42 Å². The van der Waals surface area contributed by atoms with Crippen molar-refractivity contribution < 1.29 is 9.90 Å². The van der Waals surface area contributed by atoms with Crippen LogP contribution in [0.3, 0.4) is 0 Å². The highest BCUT2D eigenvalue weighted by Gasteiger charge is 1.97. The standard InChI is InChI=1S/C18H36O2.ClH.2H3N/c1-2-3-4-5-6-7-8-9-10-11-12-13-14-15-16-17-18(19)20;;;/h2-17H2,1H3,(H,19,20);1H;2*1H3. The molecule has 7 N–H and O–H groups in total. The molecule has 5 heteroatoms. The van der Waals surface area contributed by atoms with Crippen LogP contribution in [0.15, 0.2) is 0 Å². The minimum absolute atomic E-state index is 0. The van der Waals surface area contributed by atoms with E-state index in [-0.39, 0.29) is 24.7 Å². The van der Waals surface area contributed by atoms with Gasteiger partial charge in [-0.1, -0.05) is 96.8 Å². The Hall–Kier alpha value is -0.320. The smallest absolute Gasteiger partial charge is 0.303 e. The Bertz CT molecular complexity index is 217. The Labute approximate surface area is 150 Å². The van der Waals surface area contributed by atoms with Gasteiger partial charge in [0.05, 0.1) is 0 Å². The molecule has 0 radical (unpaired) electrons. The van der Waals surface area contributed by atoms with Crippen LogP contribution in [0.5, 0.6) is 0 Å². The lowest BCUT2D eigenvalue weighted by atomic mass is 10.0. The highest BCUT2D eigenvalue weighted by molar-refractivity contribution is 5.85. The summed E-state index contributed by atoms with van der Waals surface area (Å²) in [4.78, 5) is 10.3. The summed E-state index contributed by atoms with van der Waals surface area (Å²) < 4.78 is 0. The predicted molar refractivity (Wildman–Crippen MR) is 104 cm³/mol. The molecular formula is C18H43ClN2O2. The molecule has 0 bridgehead atoms. The molecule has 4 nitrogen and oxygen atoms in total. The number of carboxylic acid groups (broad SMARTS) is 1. The van der Waals surface area contributed by atoms with E-state index in [0.717, 1.165) is 12.8 Å². The van der Waals surface area contributed by atoms with E-state index in [9.17, 15) is 4.79 Å². The van der Waals surface area contributed by atoms with E-state index in [2.05, 4.69) is 6.92 Å². The molecule has 0 unspecified atom stereocenters. The molecule has 0 aromatic rings.